The number of hydrogen-bond donors (Lipinski definition) is 0. The number of rotatable bonds is 3. The van der Waals surface area contributed by atoms with Gasteiger partial charge in [0, 0.05) is 12.6 Å². The maximum Gasteiger partial charge on any atom is 0.170 e. The average molecular weight is 327 g/mol. The lowest BCUT2D eigenvalue weighted by atomic mass is 9.90. The summed E-state index contributed by atoms with van der Waals surface area (Å²) in [5, 5.41) is 12.6. The molecule has 0 amide bonds. The Kier molecular flexibility index (Phi) is 4.33. The summed E-state index contributed by atoms with van der Waals surface area (Å²) in [5.74, 6) is 0.915. The number of hydrogen-bond acceptors (Lipinski definition) is 5. The largest absolute Gasteiger partial charge is 0.375 e. The molecule has 6 heteroatoms. The summed E-state index contributed by atoms with van der Waals surface area (Å²) >= 11 is 0. The van der Waals surface area contributed by atoms with Crippen LogP contribution in [0, 0.1) is 13.8 Å². The van der Waals surface area contributed by atoms with E-state index >= 15 is 0 Å². The quantitative estimate of drug-likeness (QED) is 0.866. The highest BCUT2D eigenvalue weighted by atomic mass is 16.5. The molecule has 4 rings (SSSR count). The molecule has 2 heterocycles. The minimum Gasteiger partial charge on any atom is -0.375 e. The van der Waals surface area contributed by atoms with Gasteiger partial charge in [-0.15, -0.1) is 5.10 Å². The average Bonchev–Trinajstić information content (AvgIpc) is 3.03. The van der Waals surface area contributed by atoms with Gasteiger partial charge < -0.3 is 4.74 Å². The molecule has 128 valence electrons. The third-order valence-electron chi connectivity index (χ3n) is 5.38. The predicted molar refractivity (Wildman–Crippen MR) is 91.0 cm³/mol. The van der Waals surface area contributed by atoms with E-state index in [0.717, 1.165) is 31.2 Å². The fourth-order valence-electron chi connectivity index (χ4n) is 4.17. The van der Waals surface area contributed by atoms with Crippen molar-refractivity contribution in [2.75, 3.05) is 13.2 Å². The molecule has 0 bridgehead atoms. The Balaban J connectivity index is 1.61. The normalized spacial score (nSPS) is 24.8. The molecule has 24 heavy (non-hydrogen) atoms. The molecule has 0 unspecified atom stereocenters. The van der Waals surface area contributed by atoms with E-state index in [-0.39, 0.29) is 0 Å². The number of morpholine rings is 1. The molecule has 1 saturated heterocycles. The van der Waals surface area contributed by atoms with Crippen LogP contribution in [0.15, 0.2) is 18.2 Å². The zero-order valence-corrected chi connectivity index (χ0v) is 14.5. The lowest BCUT2D eigenvalue weighted by Gasteiger charge is -2.43. The molecule has 1 aromatic heterocycles. The summed E-state index contributed by atoms with van der Waals surface area (Å²) < 4.78 is 7.90. The van der Waals surface area contributed by atoms with Gasteiger partial charge >= 0.3 is 0 Å². The molecule has 6 nitrogen and oxygen atoms in total. The molecule has 1 aliphatic carbocycles. The lowest BCUT2D eigenvalue weighted by Crippen LogP contribution is -2.52. The van der Waals surface area contributed by atoms with Gasteiger partial charge in [0.2, 0.25) is 0 Å². The Morgan fingerprint density at radius 3 is 2.79 bits per heavy atom. The first-order chi connectivity index (χ1) is 11.7. The van der Waals surface area contributed by atoms with Crippen LogP contribution < -0.4 is 0 Å². The minimum atomic E-state index is 0.386. The van der Waals surface area contributed by atoms with E-state index in [1.165, 1.54) is 36.8 Å². The second-order valence-corrected chi connectivity index (χ2v) is 6.98. The van der Waals surface area contributed by atoms with Gasteiger partial charge in [0.25, 0.3) is 0 Å². The molecular weight excluding hydrogens is 302 g/mol. The second kappa shape index (κ2) is 6.61. The summed E-state index contributed by atoms with van der Waals surface area (Å²) in [6, 6.07) is 6.81. The van der Waals surface area contributed by atoms with Crippen LogP contribution in [0.5, 0.6) is 0 Å². The van der Waals surface area contributed by atoms with Crippen LogP contribution in [0.3, 0.4) is 0 Å². The molecule has 2 aromatic rings. The van der Waals surface area contributed by atoms with Crippen molar-refractivity contribution < 1.29 is 4.74 Å². The highest BCUT2D eigenvalue weighted by Crippen LogP contribution is 2.29. The SMILES string of the molecule is Cc1cccc(C)c1-n1nnnc1CN1CCO[C@H]2CCCC[C@H]21. The van der Waals surface area contributed by atoms with E-state index in [1.54, 1.807) is 0 Å². The molecule has 0 spiro atoms. The van der Waals surface area contributed by atoms with Crippen molar-refractivity contribution in [3.05, 3.63) is 35.2 Å². The zero-order valence-electron chi connectivity index (χ0n) is 14.5. The maximum absolute atomic E-state index is 5.98. The number of tetrazole rings is 1. The van der Waals surface area contributed by atoms with Gasteiger partial charge in [-0.2, -0.15) is 4.68 Å². The molecule has 2 fully saturated rings. The minimum absolute atomic E-state index is 0.386. The van der Waals surface area contributed by atoms with Crippen LogP contribution in [0.2, 0.25) is 0 Å². The van der Waals surface area contributed by atoms with Gasteiger partial charge in [-0.1, -0.05) is 31.0 Å². The summed E-state index contributed by atoms with van der Waals surface area (Å²) in [4.78, 5) is 2.52. The highest BCUT2D eigenvalue weighted by molar-refractivity contribution is 5.46. The Morgan fingerprint density at radius 2 is 1.96 bits per heavy atom. The van der Waals surface area contributed by atoms with Crippen molar-refractivity contribution in [3.8, 4) is 5.69 Å². The fraction of sp³-hybridized carbons (Fsp3) is 0.611. The van der Waals surface area contributed by atoms with Crippen LogP contribution in [-0.2, 0) is 11.3 Å². The summed E-state index contributed by atoms with van der Waals surface area (Å²) in [7, 11) is 0. The smallest absolute Gasteiger partial charge is 0.170 e. The van der Waals surface area contributed by atoms with Crippen LogP contribution in [0.25, 0.3) is 5.69 Å². The van der Waals surface area contributed by atoms with Gasteiger partial charge in [-0.25, -0.2) is 0 Å². The number of para-hydroxylation sites is 1. The van der Waals surface area contributed by atoms with Gasteiger partial charge in [-0.3, -0.25) is 4.90 Å². The van der Waals surface area contributed by atoms with Gasteiger partial charge in [-0.05, 0) is 48.2 Å². The van der Waals surface area contributed by atoms with Crippen molar-refractivity contribution in [3.63, 3.8) is 0 Å². The first-order valence-electron chi connectivity index (χ1n) is 8.93. The Hall–Kier alpha value is -1.79. The molecule has 1 aromatic carbocycles. The van der Waals surface area contributed by atoms with Crippen LogP contribution in [0.1, 0.15) is 42.6 Å². The molecule has 2 atom stereocenters. The van der Waals surface area contributed by atoms with Gasteiger partial charge in [0.15, 0.2) is 5.82 Å². The van der Waals surface area contributed by atoms with Gasteiger partial charge in [0.05, 0.1) is 24.9 Å². The van der Waals surface area contributed by atoms with Crippen LogP contribution in [-0.4, -0.2) is 50.4 Å². The third kappa shape index (κ3) is 2.84. The molecule has 1 aliphatic heterocycles. The van der Waals surface area contributed by atoms with Crippen molar-refractivity contribution >= 4 is 0 Å². The molecule has 2 aliphatic rings. The maximum atomic E-state index is 5.98. The summed E-state index contributed by atoms with van der Waals surface area (Å²) in [6.45, 7) is 6.78. The Morgan fingerprint density at radius 1 is 1.17 bits per heavy atom. The Labute approximate surface area is 142 Å². The number of benzene rings is 1. The first-order valence-corrected chi connectivity index (χ1v) is 8.93. The summed E-state index contributed by atoms with van der Waals surface area (Å²) in [6.07, 6.45) is 5.37. The van der Waals surface area contributed by atoms with Crippen LogP contribution >= 0.6 is 0 Å². The fourth-order valence-corrected chi connectivity index (χ4v) is 4.17. The van der Waals surface area contributed by atoms with E-state index in [9.17, 15) is 0 Å². The van der Waals surface area contributed by atoms with Crippen molar-refractivity contribution in [2.45, 2.75) is 58.2 Å². The summed E-state index contributed by atoms with van der Waals surface area (Å²) in [5.41, 5.74) is 3.49. The van der Waals surface area contributed by atoms with E-state index < -0.39 is 0 Å². The third-order valence-corrected chi connectivity index (χ3v) is 5.38. The number of nitrogens with zero attached hydrogens (tertiary/aromatic N) is 5. The Bertz CT molecular complexity index is 691. The standard InChI is InChI=1S/C18H25N5O/c1-13-6-5-7-14(2)18(13)23-17(19-20-21-23)12-22-10-11-24-16-9-4-3-8-15(16)22/h5-7,15-16H,3-4,8-12H2,1-2H3/t15-,16+/m1/s1. The highest BCUT2D eigenvalue weighted by Gasteiger charge is 2.34. The van der Waals surface area contributed by atoms with Crippen molar-refractivity contribution in [1.29, 1.82) is 0 Å². The molecule has 0 radical (unpaired) electrons. The second-order valence-electron chi connectivity index (χ2n) is 6.98. The van der Waals surface area contributed by atoms with Crippen molar-refractivity contribution in [2.24, 2.45) is 0 Å². The number of aryl methyl sites for hydroxylation is 2. The first kappa shape index (κ1) is 15.7. The van der Waals surface area contributed by atoms with E-state index in [4.69, 9.17) is 4.74 Å². The number of aromatic nitrogens is 4. The molecule has 1 saturated carbocycles. The molecular formula is C18H25N5O. The number of fused-ring (bicyclic) bond motifs is 1. The van der Waals surface area contributed by atoms with E-state index in [1.807, 2.05) is 4.68 Å². The zero-order chi connectivity index (χ0) is 16.5. The predicted octanol–water partition coefficient (Wildman–Crippen LogP) is 2.42. The molecule has 0 N–H and O–H groups in total. The number of ether oxygens (including phenoxy) is 1. The van der Waals surface area contributed by atoms with E-state index in [2.05, 4.69) is 52.5 Å². The monoisotopic (exact) mass is 327 g/mol. The van der Waals surface area contributed by atoms with Crippen LogP contribution in [0.4, 0.5) is 0 Å². The topological polar surface area (TPSA) is 56.1 Å². The lowest BCUT2D eigenvalue weighted by molar-refractivity contribution is -0.0919. The van der Waals surface area contributed by atoms with Gasteiger partial charge in [0.1, 0.15) is 0 Å². The van der Waals surface area contributed by atoms with E-state index in [0.29, 0.717) is 12.1 Å². The van der Waals surface area contributed by atoms with Crippen molar-refractivity contribution in [1.82, 2.24) is 25.1 Å².